The van der Waals surface area contributed by atoms with E-state index in [0.717, 1.165) is 25.3 Å². The molecule has 4 N–H and O–H groups in total. The second-order valence-corrected chi connectivity index (χ2v) is 7.43. The summed E-state index contributed by atoms with van der Waals surface area (Å²) in [5.74, 6) is -0.341. The summed E-state index contributed by atoms with van der Waals surface area (Å²) in [5, 5.41) is 6.26. The van der Waals surface area contributed by atoms with E-state index in [0.29, 0.717) is 17.6 Å². The van der Waals surface area contributed by atoms with Crippen LogP contribution in [-0.4, -0.2) is 54.3 Å². The van der Waals surface area contributed by atoms with Crippen molar-refractivity contribution in [3.8, 4) is 0 Å². The summed E-state index contributed by atoms with van der Waals surface area (Å²) in [4.78, 5) is 27.1. The Morgan fingerprint density at radius 2 is 2.10 bits per heavy atom. The molecular weight excluding hydrogens is 373 g/mol. The molecule has 1 saturated carbocycles. The van der Waals surface area contributed by atoms with E-state index in [9.17, 15) is 9.18 Å². The molecule has 1 unspecified atom stereocenters. The molecule has 1 amide bonds. The number of aromatic nitrogens is 2. The Morgan fingerprint density at radius 3 is 2.79 bits per heavy atom. The second-order valence-electron chi connectivity index (χ2n) is 7.43. The molecular formula is C20H24FN7O. The van der Waals surface area contributed by atoms with Crippen LogP contribution >= 0.6 is 0 Å². The molecule has 0 bridgehead atoms. The molecule has 2 heterocycles. The molecule has 29 heavy (non-hydrogen) atoms. The molecule has 2 aliphatic rings. The van der Waals surface area contributed by atoms with E-state index < -0.39 is 11.7 Å². The topological polar surface area (TPSA) is 109 Å². The fourth-order valence-corrected chi connectivity index (χ4v) is 3.44. The second kappa shape index (κ2) is 8.12. The number of hydrogen-bond donors (Lipinski definition) is 3. The van der Waals surface area contributed by atoms with Gasteiger partial charge in [0, 0.05) is 49.7 Å². The first-order valence-corrected chi connectivity index (χ1v) is 9.69. The zero-order valence-corrected chi connectivity index (χ0v) is 16.2. The largest absolute Gasteiger partial charge is 0.396 e. The smallest absolute Gasteiger partial charge is 0.275 e. The highest BCUT2D eigenvalue weighted by Gasteiger charge is 2.29. The van der Waals surface area contributed by atoms with Gasteiger partial charge in [-0.3, -0.25) is 9.79 Å². The lowest BCUT2D eigenvalue weighted by Crippen LogP contribution is -2.34. The van der Waals surface area contributed by atoms with Crippen LogP contribution in [0.2, 0.25) is 0 Å². The zero-order chi connectivity index (χ0) is 20.4. The summed E-state index contributed by atoms with van der Waals surface area (Å²) < 4.78 is 14.0. The monoisotopic (exact) mass is 397 g/mol. The molecule has 0 spiro atoms. The number of carbonyl (C=O) groups is 1. The van der Waals surface area contributed by atoms with Crippen LogP contribution in [0, 0.1) is 5.82 Å². The summed E-state index contributed by atoms with van der Waals surface area (Å²) in [6, 6.07) is 3.88. The van der Waals surface area contributed by atoms with Crippen LogP contribution in [0.5, 0.6) is 0 Å². The van der Waals surface area contributed by atoms with Gasteiger partial charge >= 0.3 is 0 Å². The number of nitrogens with zero attached hydrogens (tertiary/aromatic N) is 4. The number of carbonyl (C=O) groups excluding carboxylic acids is 1. The van der Waals surface area contributed by atoms with Crippen molar-refractivity contribution in [3.63, 3.8) is 0 Å². The number of rotatable bonds is 6. The minimum Gasteiger partial charge on any atom is -0.396 e. The van der Waals surface area contributed by atoms with Crippen molar-refractivity contribution in [1.29, 1.82) is 0 Å². The Kier molecular flexibility index (Phi) is 5.39. The number of nitrogens with one attached hydrogen (secondary N) is 2. The van der Waals surface area contributed by atoms with Crippen LogP contribution in [0.3, 0.4) is 0 Å². The molecule has 4 rings (SSSR count). The zero-order valence-electron chi connectivity index (χ0n) is 16.2. The standard InChI is InChI=1S/C20H24FN7O/c1-23-8-12-6-15(7-16(21)19(12)22)27-20(29)17-9-25-18(10-24-17)28-5-4-14(11-28)26-13-2-3-13/h6-10,13-14,26H,2-5,11,22H2,1H3,(H,27,29). The summed E-state index contributed by atoms with van der Waals surface area (Å²) >= 11 is 0. The van der Waals surface area contributed by atoms with Crippen LogP contribution < -0.4 is 21.3 Å². The Hall–Kier alpha value is -3.07. The fraction of sp³-hybridized carbons (Fsp3) is 0.400. The molecule has 2 fully saturated rings. The molecule has 8 nitrogen and oxygen atoms in total. The van der Waals surface area contributed by atoms with E-state index in [-0.39, 0.29) is 17.1 Å². The first kappa shape index (κ1) is 19.3. The molecule has 152 valence electrons. The van der Waals surface area contributed by atoms with Crippen LogP contribution in [-0.2, 0) is 0 Å². The van der Waals surface area contributed by atoms with Crippen molar-refractivity contribution < 1.29 is 9.18 Å². The average molecular weight is 397 g/mol. The third kappa shape index (κ3) is 4.51. The van der Waals surface area contributed by atoms with Crippen molar-refractivity contribution in [2.75, 3.05) is 36.1 Å². The maximum Gasteiger partial charge on any atom is 0.275 e. The van der Waals surface area contributed by atoms with Crippen LogP contribution in [0.4, 0.5) is 21.6 Å². The van der Waals surface area contributed by atoms with Crippen molar-refractivity contribution >= 4 is 29.3 Å². The minimum atomic E-state index is -0.623. The van der Waals surface area contributed by atoms with Crippen LogP contribution in [0.1, 0.15) is 35.3 Å². The van der Waals surface area contributed by atoms with Crippen LogP contribution in [0.15, 0.2) is 29.5 Å². The van der Waals surface area contributed by atoms with Gasteiger partial charge in [0.1, 0.15) is 17.3 Å². The number of nitrogen functional groups attached to an aromatic ring is 1. The number of halogens is 1. The molecule has 1 atom stereocenters. The third-order valence-corrected chi connectivity index (χ3v) is 5.12. The number of nitrogens with two attached hydrogens (primary N) is 1. The van der Waals surface area contributed by atoms with Gasteiger partial charge in [0.25, 0.3) is 5.91 Å². The van der Waals surface area contributed by atoms with Gasteiger partial charge in [-0.15, -0.1) is 0 Å². The van der Waals surface area contributed by atoms with Crippen molar-refractivity contribution in [2.24, 2.45) is 4.99 Å². The summed E-state index contributed by atoms with van der Waals surface area (Å²) in [7, 11) is 1.56. The van der Waals surface area contributed by atoms with Gasteiger partial charge in [-0.25, -0.2) is 14.4 Å². The first-order valence-electron chi connectivity index (χ1n) is 9.69. The Balaban J connectivity index is 1.41. The molecule has 1 aliphatic heterocycles. The van der Waals surface area contributed by atoms with Gasteiger partial charge in [-0.05, 0) is 31.4 Å². The Labute approximate surface area is 168 Å². The van der Waals surface area contributed by atoms with E-state index in [1.165, 1.54) is 31.3 Å². The molecule has 2 aromatic rings. The molecule has 1 aromatic heterocycles. The maximum atomic E-state index is 14.0. The van der Waals surface area contributed by atoms with E-state index in [2.05, 4.69) is 30.5 Å². The third-order valence-electron chi connectivity index (χ3n) is 5.12. The van der Waals surface area contributed by atoms with Gasteiger partial charge in [0.05, 0.1) is 18.1 Å². The Bertz CT molecular complexity index is 927. The van der Waals surface area contributed by atoms with E-state index in [1.54, 1.807) is 19.3 Å². The molecule has 0 radical (unpaired) electrons. The number of hydrogen-bond acceptors (Lipinski definition) is 7. The Morgan fingerprint density at radius 1 is 1.28 bits per heavy atom. The lowest BCUT2D eigenvalue weighted by atomic mass is 10.1. The van der Waals surface area contributed by atoms with Gasteiger partial charge < -0.3 is 21.3 Å². The predicted octanol–water partition coefficient (Wildman–Crippen LogP) is 1.83. The van der Waals surface area contributed by atoms with Gasteiger partial charge in [0.2, 0.25) is 0 Å². The average Bonchev–Trinajstić information content (AvgIpc) is 3.40. The normalized spacial score (nSPS) is 19.1. The minimum absolute atomic E-state index is 0.0159. The number of anilines is 3. The van der Waals surface area contributed by atoms with E-state index >= 15 is 0 Å². The number of aliphatic imine (C=N–C) groups is 1. The molecule has 9 heteroatoms. The molecule has 1 aliphatic carbocycles. The highest BCUT2D eigenvalue weighted by Crippen LogP contribution is 2.24. The van der Waals surface area contributed by atoms with Crippen molar-refractivity contribution in [1.82, 2.24) is 15.3 Å². The van der Waals surface area contributed by atoms with Crippen LogP contribution in [0.25, 0.3) is 0 Å². The van der Waals surface area contributed by atoms with Crippen molar-refractivity contribution in [3.05, 3.63) is 41.6 Å². The quantitative estimate of drug-likeness (QED) is 0.507. The lowest BCUT2D eigenvalue weighted by molar-refractivity contribution is 0.102. The lowest BCUT2D eigenvalue weighted by Gasteiger charge is -2.17. The number of amides is 1. The highest BCUT2D eigenvalue weighted by molar-refractivity contribution is 6.03. The van der Waals surface area contributed by atoms with Gasteiger partial charge in [0.15, 0.2) is 0 Å². The predicted molar refractivity (Wildman–Crippen MR) is 111 cm³/mol. The summed E-state index contributed by atoms with van der Waals surface area (Å²) in [6.07, 6.45) is 8.09. The summed E-state index contributed by atoms with van der Waals surface area (Å²) in [6.45, 7) is 1.81. The molecule has 1 aromatic carbocycles. The fourth-order valence-electron chi connectivity index (χ4n) is 3.44. The van der Waals surface area contributed by atoms with E-state index in [4.69, 9.17) is 5.73 Å². The number of benzene rings is 1. The summed E-state index contributed by atoms with van der Waals surface area (Å²) in [5.41, 5.74) is 6.50. The van der Waals surface area contributed by atoms with Crippen molar-refractivity contribution in [2.45, 2.75) is 31.3 Å². The first-order chi connectivity index (χ1) is 14.0. The van der Waals surface area contributed by atoms with Gasteiger partial charge in [-0.2, -0.15) is 0 Å². The SMILES string of the molecule is CN=Cc1cc(NC(=O)c2cnc(N3CCC(NC4CC4)C3)cn2)cc(F)c1N. The maximum absolute atomic E-state index is 14.0. The molecule has 1 saturated heterocycles. The van der Waals surface area contributed by atoms with Gasteiger partial charge in [-0.1, -0.05) is 0 Å². The highest BCUT2D eigenvalue weighted by atomic mass is 19.1. The van der Waals surface area contributed by atoms with E-state index in [1.807, 2.05) is 0 Å².